The molecule has 1 saturated carbocycles. The summed E-state index contributed by atoms with van der Waals surface area (Å²) in [7, 11) is -3.93. The number of allylic oxidation sites excluding steroid dienone is 1. The highest BCUT2D eigenvalue weighted by atomic mass is 32.2. The lowest BCUT2D eigenvalue weighted by atomic mass is 9.94. The number of carbonyl (C=O) groups excluding carboxylic acids is 1. The van der Waals surface area contributed by atoms with Crippen molar-refractivity contribution >= 4 is 27.7 Å². The third-order valence-electron chi connectivity index (χ3n) is 7.42. The van der Waals surface area contributed by atoms with E-state index in [0.29, 0.717) is 53.6 Å². The molecule has 2 aromatic rings. The first kappa shape index (κ1) is 27.9. The first-order valence-corrected chi connectivity index (χ1v) is 16.0. The Hall–Kier alpha value is -2.63. The van der Waals surface area contributed by atoms with Crippen LogP contribution in [0.4, 0.5) is 4.39 Å². The smallest absolute Gasteiger partial charge is 0.254 e. The molecular weight excluding hydrogens is 541 g/mol. The molecule has 3 heterocycles. The van der Waals surface area contributed by atoms with Crippen molar-refractivity contribution in [2.24, 2.45) is 11.1 Å². The minimum Gasteiger partial charge on any atom is -0.495 e. The number of aromatic nitrogens is 1. The van der Waals surface area contributed by atoms with Gasteiger partial charge in [0.25, 0.3) is 5.91 Å². The maximum Gasteiger partial charge on any atom is 0.254 e. The Morgan fingerprint density at radius 3 is 2.62 bits per heavy atom. The Bertz CT molecular complexity index is 1320. The lowest BCUT2D eigenvalue weighted by Crippen LogP contribution is -2.38. The van der Waals surface area contributed by atoms with Crippen LogP contribution < -0.4 is 9.88 Å². The predicted octanol–water partition coefficient (Wildman–Crippen LogP) is 4.85. The highest BCUT2D eigenvalue weighted by Gasteiger charge is 2.29. The van der Waals surface area contributed by atoms with Crippen molar-refractivity contribution in [3.63, 3.8) is 0 Å². The van der Waals surface area contributed by atoms with Crippen LogP contribution in [0, 0.1) is 11.7 Å². The van der Waals surface area contributed by atoms with Gasteiger partial charge in [-0.3, -0.25) is 4.79 Å². The molecule has 2 N–H and O–H groups in total. The number of rotatable bonds is 10. The zero-order chi connectivity index (χ0) is 27.4. The van der Waals surface area contributed by atoms with E-state index in [4.69, 9.17) is 14.6 Å². The number of nitrogens with zero attached hydrogens (tertiary/aromatic N) is 2. The average molecular weight is 576 g/mol. The van der Waals surface area contributed by atoms with Gasteiger partial charge in [-0.25, -0.2) is 22.9 Å². The zero-order valence-electron chi connectivity index (χ0n) is 21.8. The molecule has 0 spiro atoms. The maximum absolute atomic E-state index is 14.3. The highest BCUT2D eigenvalue weighted by Crippen LogP contribution is 2.40. The van der Waals surface area contributed by atoms with Gasteiger partial charge in [-0.1, -0.05) is 0 Å². The number of primary sulfonamides is 1. The number of piperidine rings is 1. The molecule has 1 unspecified atom stereocenters. The van der Waals surface area contributed by atoms with Crippen molar-refractivity contribution in [2.75, 3.05) is 25.4 Å². The standard InChI is InChI=1S/C28H34FN3O5S2/c29-24-17-23(39(30,34)35)6-7-26(24)38-14-10-19-8-11-32(12-9-19)28(33)21-15-25(20-4-5-20)31-27(16-21)37-18-22-3-1-2-13-36-22/h2,6-7,13,15-17,19-20,22H,1,3-5,8-12,14,18H2,(H2,30,34,35). The number of hydrogen-bond donors (Lipinski definition) is 1. The fourth-order valence-electron chi connectivity index (χ4n) is 4.92. The number of likely N-dealkylation sites (tertiary alicyclic amines) is 1. The van der Waals surface area contributed by atoms with Gasteiger partial charge >= 0.3 is 0 Å². The molecule has 1 aromatic heterocycles. The van der Waals surface area contributed by atoms with E-state index in [2.05, 4.69) is 4.98 Å². The van der Waals surface area contributed by atoms with Crippen LogP contribution in [0.25, 0.3) is 0 Å². The summed E-state index contributed by atoms with van der Waals surface area (Å²) in [5.41, 5.74) is 1.55. The van der Waals surface area contributed by atoms with E-state index in [1.165, 1.54) is 23.9 Å². The van der Waals surface area contributed by atoms with Crippen LogP contribution in [0.15, 0.2) is 52.5 Å². The number of benzene rings is 1. The number of pyridine rings is 1. The Morgan fingerprint density at radius 2 is 1.95 bits per heavy atom. The summed E-state index contributed by atoms with van der Waals surface area (Å²) in [6.45, 7) is 1.75. The number of amides is 1. The van der Waals surface area contributed by atoms with Gasteiger partial charge < -0.3 is 14.4 Å². The average Bonchev–Trinajstić information content (AvgIpc) is 3.78. The number of sulfonamides is 1. The van der Waals surface area contributed by atoms with Gasteiger partial charge in [0.1, 0.15) is 18.5 Å². The van der Waals surface area contributed by atoms with E-state index in [9.17, 15) is 17.6 Å². The highest BCUT2D eigenvalue weighted by molar-refractivity contribution is 7.99. The third-order valence-corrected chi connectivity index (χ3v) is 9.41. The van der Waals surface area contributed by atoms with Crippen molar-refractivity contribution in [3.8, 4) is 5.88 Å². The van der Waals surface area contributed by atoms with E-state index in [-0.39, 0.29) is 16.9 Å². The van der Waals surface area contributed by atoms with E-state index in [0.717, 1.165) is 56.7 Å². The second-order valence-electron chi connectivity index (χ2n) is 10.4. The summed E-state index contributed by atoms with van der Waals surface area (Å²) in [4.78, 5) is 20.2. The first-order chi connectivity index (χ1) is 18.8. The molecule has 1 saturated heterocycles. The molecule has 39 heavy (non-hydrogen) atoms. The lowest BCUT2D eigenvalue weighted by Gasteiger charge is -2.32. The molecule has 1 atom stereocenters. The van der Waals surface area contributed by atoms with Crippen LogP contribution in [0.3, 0.4) is 0 Å². The maximum atomic E-state index is 14.3. The molecule has 5 rings (SSSR count). The molecule has 1 amide bonds. The Kier molecular flexibility index (Phi) is 8.78. The SMILES string of the molecule is NS(=O)(=O)c1ccc(SCCC2CCN(C(=O)c3cc(OCC4CCC=CO4)nc(C4CC4)c3)CC2)c(F)c1. The molecule has 210 valence electrons. The van der Waals surface area contributed by atoms with E-state index in [1.54, 1.807) is 12.3 Å². The normalized spacial score (nSPS) is 20.1. The molecule has 0 bridgehead atoms. The molecule has 2 aliphatic heterocycles. The van der Waals surface area contributed by atoms with Gasteiger partial charge in [0.15, 0.2) is 0 Å². The van der Waals surface area contributed by atoms with Crippen molar-refractivity contribution in [1.82, 2.24) is 9.88 Å². The number of thioether (sulfide) groups is 1. The number of hydrogen-bond acceptors (Lipinski definition) is 7. The van der Waals surface area contributed by atoms with Crippen LogP contribution in [0.2, 0.25) is 0 Å². The zero-order valence-corrected chi connectivity index (χ0v) is 23.4. The largest absolute Gasteiger partial charge is 0.495 e. The summed E-state index contributed by atoms with van der Waals surface area (Å²) in [6.07, 6.45) is 10.4. The monoisotopic (exact) mass is 575 g/mol. The Labute approximate surface area is 233 Å². The molecule has 11 heteroatoms. The number of halogens is 1. The van der Waals surface area contributed by atoms with Crippen LogP contribution in [0.1, 0.15) is 66.9 Å². The van der Waals surface area contributed by atoms with Crippen LogP contribution in [-0.2, 0) is 14.8 Å². The minimum absolute atomic E-state index is 0.00401. The van der Waals surface area contributed by atoms with E-state index >= 15 is 0 Å². The Balaban J connectivity index is 1.12. The fraction of sp³-hybridized carbons (Fsp3) is 0.500. The molecule has 8 nitrogen and oxygen atoms in total. The van der Waals surface area contributed by atoms with Gasteiger partial charge in [-0.15, -0.1) is 11.8 Å². The molecule has 3 aliphatic rings. The third kappa shape index (κ3) is 7.52. The van der Waals surface area contributed by atoms with Gasteiger partial charge in [-0.05, 0) is 87.0 Å². The molecule has 0 radical (unpaired) electrons. The summed E-state index contributed by atoms with van der Waals surface area (Å²) in [6, 6.07) is 7.43. The number of carbonyl (C=O) groups is 1. The van der Waals surface area contributed by atoms with Crippen LogP contribution in [0.5, 0.6) is 5.88 Å². The van der Waals surface area contributed by atoms with Crippen molar-refractivity contribution < 1.29 is 27.1 Å². The van der Waals surface area contributed by atoms with Crippen molar-refractivity contribution in [3.05, 3.63) is 59.7 Å². The van der Waals surface area contributed by atoms with Gasteiger partial charge in [-0.2, -0.15) is 0 Å². The Morgan fingerprint density at radius 1 is 1.15 bits per heavy atom. The summed E-state index contributed by atoms with van der Waals surface area (Å²) >= 11 is 1.37. The quantitative estimate of drug-likeness (QED) is 0.403. The van der Waals surface area contributed by atoms with Gasteiger partial charge in [0, 0.05) is 41.2 Å². The first-order valence-electron chi connectivity index (χ1n) is 13.5. The lowest BCUT2D eigenvalue weighted by molar-refractivity contribution is 0.0680. The fourth-order valence-corrected chi connectivity index (χ4v) is 6.47. The molecule has 1 aromatic carbocycles. The molecule has 2 fully saturated rings. The number of ether oxygens (including phenoxy) is 2. The van der Waals surface area contributed by atoms with Crippen molar-refractivity contribution in [2.45, 2.75) is 66.8 Å². The summed E-state index contributed by atoms with van der Waals surface area (Å²) < 4.78 is 48.6. The van der Waals surface area contributed by atoms with Crippen LogP contribution in [-0.4, -0.2) is 55.8 Å². The second-order valence-corrected chi connectivity index (χ2v) is 13.1. The van der Waals surface area contributed by atoms with Gasteiger partial charge in [0.05, 0.1) is 11.2 Å². The van der Waals surface area contributed by atoms with Gasteiger partial charge in [0.2, 0.25) is 15.9 Å². The summed E-state index contributed by atoms with van der Waals surface area (Å²) in [5.74, 6) is 1.46. The molecule has 1 aliphatic carbocycles. The van der Waals surface area contributed by atoms with E-state index in [1.807, 2.05) is 17.0 Å². The predicted molar refractivity (Wildman–Crippen MR) is 147 cm³/mol. The minimum atomic E-state index is -3.93. The topological polar surface area (TPSA) is 112 Å². The van der Waals surface area contributed by atoms with E-state index < -0.39 is 15.8 Å². The van der Waals surface area contributed by atoms with Crippen LogP contribution >= 0.6 is 11.8 Å². The second kappa shape index (κ2) is 12.3. The molecular formula is C28H34FN3O5S2. The summed E-state index contributed by atoms with van der Waals surface area (Å²) in [5, 5.41) is 5.07. The van der Waals surface area contributed by atoms with Crippen molar-refractivity contribution in [1.29, 1.82) is 0 Å². The number of nitrogens with two attached hydrogens (primary N) is 1.